The molecular formula is C16H10F3NO2. The third kappa shape index (κ3) is 3.44. The van der Waals surface area contributed by atoms with Gasteiger partial charge in [0.05, 0.1) is 17.2 Å². The lowest BCUT2D eigenvalue weighted by molar-refractivity contribution is -0.137. The van der Waals surface area contributed by atoms with E-state index in [0.29, 0.717) is 11.3 Å². The van der Waals surface area contributed by atoms with Crippen LogP contribution in [0, 0.1) is 11.3 Å². The number of nitrogens with zero attached hydrogens (tertiary/aromatic N) is 1. The highest BCUT2D eigenvalue weighted by atomic mass is 19.4. The second kappa shape index (κ2) is 5.90. The average molecular weight is 305 g/mol. The van der Waals surface area contributed by atoms with E-state index in [-0.39, 0.29) is 11.5 Å². The first-order valence-electron chi connectivity index (χ1n) is 6.21. The molecule has 0 amide bonds. The molecule has 0 bridgehead atoms. The van der Waals surface area contributed by atoms with Crippen molar-refractivity contribution in [1.82, 2.24) is 0 Å². The maximum absolute atomic E-state index is 12.9. The number of halogens is 3. The molecule has 0 saturated carbocycles. The van der Waals surface area contributed by atoms with Gasteiger partial charge in [-0.25, -0.2) is 0 Å². The number of Topliss-reactive ketones (excluding diaryl/α,β-unsaturated/α-hetero) is 1. The van der Waals surface area contributed by atoms with Crippen LogP contribution in [0.15, 0.2) is 42.5 Å². The molecule has 0 atom stereocenters. The number of rotatable bonds is 3. The molecule has 0 radical (unpaired) electrons. The van der Waals surface area contributed by atoms with Crippen LogP contribution < -0.4 is 4.74 Å². The van der Waals surface area contributed by atoms with Crippen molar-refractivity contribution in [3.63, 3.8) is 0 Å². The predicted octanol–water partition coefficient (Wildman–Crippen LogP) is 4.57. The van der Waals surface area contributed by atoms with E-state index >= 15 is 0 Å². The van der Waals surface area contributed by atoms with Crippen LogP contribution in [0.2, 0.25) is 0 Å². The highest BCUT2D eigenvalue weighted by Gasteiger charge is 2.34. The largest absolute Gasteiger partial charge is 0.457 e. The first kappa shape index (κ1) is 15.6. The van der Waals surface area contributed by atoms with E-state index in [9.17, 15) is 18.0 Å². The zero-order valence-electron chi connectivity index (χ0n) is 11.4. The summed E-state index contributed by atoms with van der Waals surface area (Å²) in [6.07, 6.45) is -4.64. The zero-order chi connectivity index (χ0) is 16.3. The molecule has 2 aromatic rings. The molecule has 0 spiro atoms. The minimum atomic E-state index is -4.64. The Labute approximate surface area is 124 Å². The number of nitriles is 1. The molecule has 2 aromatic carbocycles. The van der Waals surface area contributed by atoms with Crippen LogP contribution in [0.25, 0.3) is 0 Å². The van der Waals surface area contributed by atoms with Crippen molar-refractivity contribution in [3.05, 3.63) is 59.2 Å². The minimum Gasteiger partial charge on any atom is -0.457 e. The zero-order valence-corrected chi connectivity index (χ0v) is 11.4. The van der Waals surface area contributed by atoms with Crippen LogP contribution in [-0.4, -0.2) is 5.78 Å². The molecule has 2 rings (SSSR count). The number of hydrogen-bond acceptors (Lipinski definition) is 3. The van der Waals surface area contributed by atoms with Gasteiger partial charge in [-0.1, -0.05) is 0 Å². The molecule has 0 aliphatic carbocycles. The van der Waals surface area contributed by atoms with E-state index < -0.39 is 17.3 Å². The Morgan fingerprint density at radius 1 is 1.09 bits per heavy atom. The second-order valence-electron chi connectivity index (χ2n) is 4.50. The Morgan fingerprint density at radius 2 is 1.68 bits per heavy atom. The van der Waals surface area contributed by atoms with Crippen molar-refractivity contribution in [2.45, 2.75) is 13.1 Å². The Kier molecular flexibility index (Phi) is 4.18. The number of benzene rings is 2. The molecule has 3 nitrogen and oxygen atoms in total. The van der Waals surface area contributed by atoms with Gasteiger partial charge in [-0.05, 0) is 49.4 Å². The Balaban J connectivity index is 2.30. The van der Waals surface area contributed by atoms with E-state index in [2.05, 4.69) is 0 Å². The number of carbonyl (C=O) groups is 1. The van der Waals surface area contributed by atoms with Gasteiger partial charge in [0.2, 0.25) is 0 Å². The minimum absolute atomic E-state index is 0.0399. The first-order valence-corrected chi connectivity index (χ1v) is 6.21. The van der Waals surface area contributed by atoms with Crippen molar-refractivity contribution in [1.29, 1.82) is 5.26 Å². The standard InChI is InChI=1S/C16H10F3NO2/c1-10(21)11-2-5-13(6-3-11)22-14-7-4-12(9-20)15(8-14)16(17,18)19/h2-8H,1H3. The van der Waals surface area contributed by atoms with Crippen LogP contribution >= 0.6 is 0 Å². The van der Waals surface area contributed by atoms with Crippen molar-refractivity contribution < 1.29 is 22.7 Å². The van der Waals surface area contributed by atoms with Gasteiger partial charge in [0.25, 0.3) is 0 Å². The van der Waals surface area contributed by atoms with Gasteiger partial charge in [0, 0.05) is 5.56 Å². The summed E-state index contributed by atoms with van der Waals surface area (Å²) in [7, 11) is 0. The van der Waals surface area contributed by atoms with Crippen LogP contribution in [0.5, 0.6) is 11.5 Å². The maximum atomic E-state index is 12.9. The highest BCUT2D eigenvalue weighted by Crippen LogP contribution is 2.35. The van der Waals surface area contributed by atoms with E-state index in [1.807, 2.05) is 0 Å². The van der Waals surface area contributed by atoms with Gasteiger partial charge in [-0.3, -0.25) is 4.79 Å². The Hall–Kier alpha value is -2.81. The third-order valence-electron chi connectivity index (χ3n) is 2.91. The summed E-state index contributed by atoms with van der Waals surface area (Å²) in [6, 6.07) is 10.6. The molecule has 0 aliphatic rings. The van der Waals surface area contributed by atoms with E-state index in [1.165, 1.54) is 43.3 Å². The summed E-state index contributed by atoms with van der Waals surface area (Å²) < 4.78 is 43.9. The van der Waals surface area contributed by atoms with Gasteiger partial charge in [-0.2, -0.15) is 18.4 Å². The molecular weight excluding hydrogens is 295 g/mol. The van der Waals surface area contributed by atoms with E-state index in [4.69, 9.17) is 10.00 Å². The van der Waals surface area contributed by atoms with Crippen molar-refractivity contribution in [2.24, 2.45) is 0 Å². The fraction of sp³-hybridized carbons (Fsp3) is 0.125. The number of ether oxygens (including phenoxy) is 1. The molecule has 0 aromatic heterocycles. The molecule has 0 heterocycles. The molecule has 0 fully saturated rings. The van der Waals surface area contributed by atoms with Gasteiger partial charge in [0.15, 0.2) is 5.78 Å². The second-order valence-corrected chi connectivity index (χ2v) is 4.50. The number of hydrogen-bond donors (Lipinski definition) is 0. The van der Waals surface area contributed by atoms with Crippen LogP contribution in [-0.2, 0) is 6.18 Å². The van der Waals surface area contributed by atoms with Crippen molar-refractivity contribution >= 4 is 5.78 Å². The molecule has 0 N–H and O–H groups in total. The third-order valence-corrected chi connectivity index (χ3v) is 2.91. The summed E-state index contributed by atoms with van der Waals surface area (Å²) in [5.41, 5.74) is -1.04. The van der Waals surface area contributed by atoms with Crippen LogP contribution in [0.1, 0.15) is 28.4 Å². The van der Waals surface area contributed by atoms with Crippen LogP contribution in [0.4, 0.5) is 13.2 Å². The fourth-order valence-electron chi connectivity index (χ4n) is 1.81. The van der Waals surface area contributed by atoms with Gasteiger partial charge in [0.1, 0.15) is 11.5 Å². The molecule has 0 aliphatic heterocycles. The molecule has 6 heteroatoms. The predicted molar refractivity (Wildman–Crippen MR) is 72.7 cm³/mol. The first-order chi connectivity index (χ1) is 10.3. The topological polar surface area (TPSA) is 50.1 Å². The summed E-state index contributed by atoms with van der Waals surface area (Å²) >= 11 is 0. The lowest BCUT2D eigenvalue weighted by Crippen LogP contribution is -2.07. The summed E-state index contributed by atoms with van der Waals surface area (Å²) in [5, 5.41) is 8.72. The number of ketones is 1. The monoisotopic (exact) mass is 305 g/mol. The molecule has 112 valence electrons. The van der Waals surface area contributed by atoms with E-state index in [0.717, 1.165) is 12.1 Å². The normalized spacial score (nSPS) is 10.9. The summed E-state index contributed by atoms with van der Waals surface area (Å²) in [4.78, 5) is 11.1. The fourth-order valence-corrected chi connectivity index (χ4v) is 1.81. The Bertz CT molecular complexity index is 743. The lowest BCUT2D eigenvalue weighted by atomic mass is 10.1. The van der Waals surface area contributed by atoms with Gasteiger partial charge >= 0.3 is 6.18 Å². The quantitative estimate of drug-likeness (QED) is 0.780. The maximum Gasteiger partial charge on any atom is 0.417 e. The Morgan fingerprint density at radius 3 is 2.18 bits per heavy atom. The lowest BCUT2D eigenvalue weighted by Gasteiger charge is -2.11. The number of carbonyl (C=O) groups excluding carboxylic acids is 1. The van der Waals surface area contributed by atoms with Crippen molar-refractivity contribution in [2.75, 3.05) is 0 Å². The van der Waals surface area contributed by atoms with Crippen LogP contribution in [0.3, 0.4) is 0 Å². The van der Waals surface area contributed by atoms with Gasteiger partial charge < -0.3 is 4.74 Å². The van der Waals surface area contributed by atoms with Crippen molar-refractivity contribution in [3.8, 4) is 17.6 Å². The van der Waals surface area contributed by atoms with E-state index in [1.54, 1.807) is 0 Å². The molecule has 0 saturated heterocycles. The molecule has 0 unspecified atom stereocenters. The average Bonchev–Trinajstić information content (AvgIpc) is 2.47. The molecule has 22 heavy (non-hydrogen) atoms. The summed E-state index contributed by atoms with van der Waals surface area (Å²) in [5.74, 6) is 0.133. The van der Waals surface area contributed by atoms with Gasteiger partial charge in [-0.15, -0.1) is 0 Å². The summed E-state index contributed by atoms with van der Waals surface area (Å²) in [6.45, 7) is 1.41. The SMILES string of the molecule is CC(=O)c1ccc(Oc2ccc(C#N)c(C(F)(F)F)c2)cc1. The smallest absolute Gasteiger partial charge is 0.417 e. The highest BCUT2D eigenvalue weighted by molar-refractivity contribution is 5.94. The number of alkyl halides is 3.